The summed E-state index contributed by atoms with van der Waals surface area (Å²) >= 11 is 0. The van der Waals surface area contributed by atoms with Gasteiger partial charge < -0.3 is 20.1 Å². The van der Waals surface area contributed by atoms with Crippen molar-refractivity contribution in [2.24, 2.45) is 10.9 Å². The summed E-state index contributed by atoms with van der Waals surface area (Å²) in [6, 6.07) is 6.44. The van der Waals surface area contributed by atoms with E-state index < -0.39 is 4.92 Å². The number of guanidine groups is 1. The van der Waals surface area contributed by atoms with E-state index in [0.717, 1.165) is 31.8 Å². The van der Waals surface area contributed by atoms with Crippen molar-refractivity contribution >= 4 is 35.6 Å². The van der Waals surface area contributed by atoms with E-state index in [4.69, 9.17) is 9.47 Å². The zero-order chi connectivity index (χ0) is 21.1. The molecule has 2 rings (SSSR count). The number of rotatable bonds is 10. The van der Waals surface area contributed by atoms with Crippen molar-refractivity contribution in [3.63, 3.8) is 0 Å². The lowest BCUT2D eigenvalue weighted by molar-refractivity contribution is -0.384. The smallest absolute Gasteiger partial charge is 0.269 e. The van der Waals surface area contributed by atoms with Crippen LogP contribution < -0.4 is 10.6 Å². The number of methoxy groups -OCH3 is 1. The molecule has 0 saturated carbocycles. The minimum Gasteiger partial charge on any atom is -0.383 e. The first-order valence-corrected chi connectivity index (χ1v) is 10.1. The van der Waals surface area contributed by atoms with Crippen molar-refractivity contribution in [2.45, 2.75) is 26.5 Å². The molecule has 1 heterocycles. The summed E-state index contributed by atoms with van der Waals surface area (Å²) in [5.74, 6) is 1.31. The Hall–Kier alpha value is -1.50. The van der Waals surface area contributed by atoms with Gasteiger partial charge in [-0.1, -0.05) is 26.0 Å². The first-order chi connectivity index (χ1) is 14.0. The quantitative estimate of drug-likeness (QED) is 0.118. The Morgan fingerprint density at radius 2 is 2.10 bits per heavy atom. The molecule has 0 aromatic heterocycles. The normalized spacial score (nSPS) is 17.5. The van der Waals surface area contributed by atoms with Crippen LogP contribution in [0.25, 0.3) is 0 Å². The fourth-order valence-corrected chi connectivity index (χ4v) is 3.14. The first-order valence-electron chi connectivity index (χ1n) is 10.1. The van der Waals surface area contributed by atoms with Crippen LogP contribution in [-0.2, 0) is 16.0 Å². The zero-order valence-electron chi connectivity index (χ0n) is 18.0. The standard InChI is InChI=1S/C20H33N5O4.HI/c1-16(2)14-24-9-11-29-19(15-24)13-23-20(21-8-10-28-3)22-12-17-4-6-18(7-5-17)25(26)27;/h4-7,16,19H,8-15H2,1-3H3,(H2,21,22,23);1H. The highest BCUT2D eigenvalue weighted by atomic mass is 127. The van der Waals surface area contributed by atoms with Crippen molar-refractivity contribution in [3.05, 3.63) is 39.9 Å². The monoisotopic (exact) mass is 535 g/mol. The molecule has 1 aromatic rings. The molecule has 1 aromatic carbocycles. The van der Waals surface area contributed by atoms with Gasteiger partial charge >= 0.3 is 0 Å². The SMILES string of the molecule is COCCNC(=NCc1ccc([N+](=O)[O-])cc1)NCC1CN(CC(C)C)CCO1.I. The van der Waals surface area contributed by atoms with Gasteiger partial charge in [-0.3, -0.25) is 15.0 Å². The average molecular weight is 535 g/mol. The summed E-state index contributed by atoms with van der Waals surface area (Å²) in [6.45, 7) is 10.4. The van der Waals surface area contributed by atoms with Gasteiger partial charge in [-0.25, -0.2) is 4.99 Å². The predicted molar refractivity (Wildman–Crippen MR) is 129 cm³/mol. The highest BCUT2D eigenvalue weighted by molar-refractivity contribution is 14.0. The zero-order valence-corrected chi connectivity index (χ0v) is 20.3. The van der Waals surface area contributed by atoms with Gasteiger partial charge in [0, 0.05) is 52.0 Å². The van der Waals surface area contributed by atoms with Gasteiger partial charge in [0.1, 0.15) is 0 Å². The largest absolute Gasteiger partial charge is 0.383 e. The third kappa shape index (κ3) is 10.0. The molecular weight excluding hydrogens is 501 g/mol. The number of nitrogens with one attached hydrogen (secondary N) is 2. The maximum Gasteiger partial charge on any atom is 0.269 e. The molecule has 0 bridgehead atoms. The number of non-ortho nitro benzene ring substituents is 1. The molecule has 1 aliphatic rings. The highest BCUT2D eigenvalue weighted by Gasteiger charge is 2.21. The Bertz CT molecular complexity index is 657. The topological polar surface area (TPSA) is 101 Å². The van der Waals surface area contributed by atoms with Gasteiger partial charge in [0.25, 0.3) is 5.69 Å². The second-order valence-electron chi connectivity index (χ2n) is 7.54. The van der Waals surface area contributed by atoms with Gasteiger partial charge in [-0.05, 0) is 11.5 Å². The number of ether oxygens (including phenoxy) is 2. The number of aliphatic imine (C=N–C) groups is 1. The van der Waals surface area contributed by atoms with Crippen molar-refractivity contribution in [1.29, 1.82) is 0 Å². The lowest BCUT2D eigenvalue weighted by atomic mass is 10.2. The maximum atomic E-state index is 10.8. The van der Waals surface area contributed by atoms with Crippen LogP contribution in [0.3, 0.4) is 0 Å². The Kier molecular flexibility index (Phi) is 12.8. The Morgan fingerprint density at radius 3 is 2.73 bits per heavy atom. The van der Waals surface area contributed by atoms with Gasteiger partial charge in [0.15, 0.2) is 5.96 Å². The fraction of sp³-hybridized carbons (Fsp3) is 0.650. The van der Waals surface area contributed by atoms with Crippen LogP contribution in [0.15, 0.2) is 29.3 Å². The maximum absolute atomic E-state index is 10.8. The van der Waals surface area contributed by atoms with Gasteiger partial charge in [0.05, 0.1) is 30.8 Å². The van der Waals surface area contributed by atoms with Crippen LogP contribution in [0.2, 0.25) is 0 Å². The third-order valence-electron chi connectivity index (χ3n) is 4.51. The Morgan fingerprint density at radius 1 is 1.37 bits per heavy atom. The minimum atomic E-state index is -0.404. The molecule has 1 saturated heterocycles. The van der Waals surface area contributed by atoms with Gasteiger partial charge in [0.2, 0.25) is 0 Å². The number of nitro groups is 1. The van der Waals surface area contributed by atoms with E-state index in [1.807, 2.05) is 0 Å². The van der Waals surface area contributed by atoms with E-state index in [0.29, 0.717) is 38.1 Å². The number of nitro benzene ring substituents is 1. The van der Waals surface area contributed by atoms with Crippen molar-refractivity contribution in [2.75, 3.05) is 53.0 Å². The van der Waals surface area contributed by atoms with E-state index in [1.54, 1.807) is 19.2 Å². The number of morpholine rings is 1. The molecule has 0 radical (unpaired) electrons. The van der Waals surface area contributed by atoms with Crippen LogP contribution in [0.1, 0.15) is 19.4 Å². The molecule has 10 heteroatoms. The van der Waals surface area contributed by atoms with Crippen LogP contribution >= 0.6 is 24.0 Å². The van der Waals surface area contributed by atoms with Crippen molar-refractivity contribution in [1.82, 2.24) is 15.5 Å². The summed E-state index contributed by atoms with van der Waals surface area (Å²) < 4.78 is 11.0. The van der Waals surface area contributed by atoms with Gasteiger partial charge in [-0.15, -0.1) is 24.0 Å². The summed E-state index contributed by atoms with van der Waals surface area (Å²) in [7, 11) is 1.65. The lowest BCUT2D eigenvalue weighted by Gasteiger charge is -2.34. The number of halogens is 1. The molecule has 1 atom stereocenters. The van der Waals surface area contributed by atoms with Crippen LogP contribution in [0.5, 0.6) is 0 Å². The molecular formula is C20H34IN5O4. The Labute approximate surface area is 195 Å². The third-order valence-corrected chi connectivity index (χ3v) is 4.51. The van der Waals surface area contributed by atoms with Gasteiger partial charge in [-0.2, -0.15) is 0 Å². The summed E-state index contributed by atoms with van der Waals surface area (Å²) in [4.78, 5) is 17.4. The molecule has 0 aliphatic carbocycles. The Balaban J connectivity index is 0.00000450. The van der Waals surface area contributed by atoms with E-state index in [-0.39, 0.29) is 35.8 Å². The number of hydrogen-bond acceptors (Lipinski definition) is 6. The number of nitrogens with zero attached hydrogens (tertiary/aromatic N) is 3. The summed E-state index contributed by atoms with van der Waals surface area (Å²) in [6.07, 6.45) is 0.108. The molecule has 30 heavy (non-hydrogen) atoms. The number of hydrogen-bond donors (Lipinski definition) is 2. The van der Waals surface area contributed by atoms with E-state index in [9.17, 15) is 10.1 Å². The van der Waals surface area contributed by atoms with Crippen LogP contribution in [0, 0.1) is 16.0 Å². The molecule has 170 valence electrons. The average Bonchev–Trinajstić information content (AvgIpc) is 2.70. The molecule has 1 fully saturated rings. The lowest BCUT2D eigenvalue weighted by Crippen LogP contribution is -2.50. The first kappa shape index (κ1) is 26.5. The summed E-state index contributed by atoms with van der Waals surface area (Å²) in [5, 5.41) is 17.4. The predicted octanol–water partition coefficient (Wildman–Crippen LogP) is 2.25. The highest BCUT2D eigenvalue weighted by Crippen LogP contribution is 2.12. The van der Waals surface area contributed by atoms with E-state index in [2.05, 4.69) is 34.4 Å². The molecule has 2 N–H and O–H groups in total. The van der Waals surface area contributed by atoms with E-state index in [1.165, 1.54) is 12.1 Å². The molecule has 9 nitrogen and oxygen atoms in total. The fourth-order valence-electron chi connectivity index (χ4n) is 3.14. The molecule has 0 amide bonds. The molecule has 1 unspecified atom stereocenters. The summed E-state index contributed by atoms with van der Waals surface area (Å²) in [5.41, 5.74) is 0.982. The van der Waals surface area contributed by atoms with Crippen molar-refractivity contribution < 1.29 is 14.4 Å². The molecule has 1 aliphatic heterocycles. The second kappa shape index (κ2) is 14.5. The van der Waals surface area contributed by atoms with E-state index >= 15 is 0 Å². The minimum absolute atomic E-state index is 0. The second-order valence-corrected chi connectivity index (χ2v) is 7.54. The molecule has 0 spiro atoms. The van der Waals surface area contributed by atoms with Crippen molar-refractivity contribution in [3.8, 4) is 0 Å². The van der Waals surface area contributed by atoms with Crippen LogP contribution in [-0.4, -0.2) is 74.9 Å². The number of benzene rings is 1. The van der Waals surface area contributed by atoms with Crippen LogP contribution in [0.4, 0.5) is 5.69 Å².